The monoisotopic (exact) mass is 249 g/mol. The van der Waals surface area contributed by atoms with Gasteiger partial charge in [0.1, 0.15) is 0 Å². The lowest BCUT2D eigenvalue weighted by Crippen LogP contribution is -2.44. The zero-order chi connectivity index (χ0) is 13.2. The lowest BCUT2D eigenvalue weighted by atomic mass is 9.91. The number of aromatic nitrogens is 2. The number of amides is 1. The van der Waals surface area contributed by atoms with Crippen molar-refractivity contribution < 1.29 is 4.79 Å². The number of hydrogen-bond acceptors (Lipinski definition) is 2. The predicted molar refractivity (Wildman–Crippen MR) is 71.0 cm³/mol. The molecule has 18 heavy (non-hydrogen) atoms. The summed E-state index contributed by atoms with van der Waals surface area (Å²) in [4.78, 5) is 14.2. The maximum atomic E-state index is 12.2. The number of likely N-dealkylation sites (tertiary alicyclic amines) is 1. The Morgan fingerprint density at radius 2 is 2.00 bits per heavy atom. The zero-order valence-corrected chi connectivity index (χ0v) is 11.6. The van der Waals surface area contributed by atoms with Crippen molar-refractivity contribution in [1.29, 1.82) is 0 Å². The summed E-state index contributed by atoms with van der Waals surface area (Å²) < 4.78 is 1.99. The van der Waals surface area contributed by atoms with E-state index in [2.05, 4.69) is 5.10 Å². The molecular formula is C14H23N3O. The van der Waals surface area contributed by atoms with Crippen LogP contribution in [-0.2, 0) is 11.3 Å². The molecule has 0 bridgehead atoms. The second-order valence-corrected chi connectivity index (χ2v) is 6.21. The Hall–Kier alpha value is -1.32. The molecule has 0 saturated carbocycles. The van der Waals surface area contributed by atoms with E-state index in [0.29, 0.717) is 5.92 Å². The Morgan fingerprint density at radius 3 is 2.50 bits per heavy atom. The molecule has 0 unspecified atom stereocenters. The topological polar surface area (TPSA) is 38.1 Å². The molecule has 2 heterocycles. The highest BCUT2D eigenvalue weighted by Gasteiger charge is 2.30. The van der Waals surface area contributed by atoms with E-state index in [-0.39, 0.29) is 11.3 Å². The molecule has 0 radical (unpaired) electrons. The van der Waals surface area contributed by atoms with E-state index < -0.39 is 0 Å². The molecule has 1 aliphatic heterocycles. The van der Waals surface area contributed by atoms with E-state index in [4.69, 9.17) is 0 Å². The van der Waals surface area contributed by atoms with Gasteiger partial charge in [0.05, 0.1) is 0 Å². The second-order valence-electron chi connectivity index (χ2n) is 6.21. The number of rotatable bonds is 2. The number of carbonyl (C=O) groups is 1. The van der Waals surface area contributed by atoms with Crippen LogP contribution in [0.1, 0.15) is 33.6 Å². The summed E-state index contributed by atoms with van der Waals surface area (Å²) in [6.07, 6.45) is 5.99. The van der Waals surface area contributed by atoms with Gasteiger partial charge in [-0.3, -0.25) is 9.48 Å². The van der Waals surface area contributed by atoms with Crippen LogP contribution in [0.5, 0.6) is 0 Å². The summed E-state index contributed by atoms with van der Waals surface area (Å²) >= 11 is 0. The van der Waals surface area contributed by atoms with Crippen molar-refractivity contribution >= 4 is 5.91 Å². The van der Waals surface area contributed by atoms with Crippen molar-refractivity contribution in [2.24, 2.45) is 11.3 Å². The van der Waals surface area contributed by atoms with Crippen molar-refractivity contribution in [3.63, 3.8) is 0 Å². The van der Waals surface area contributed by atoms with Gasteiger partial charge in [-0.05, 0) is 24.8 Å². The molecule has 4 nitrogen and oxygen atoms in total. The zero-order valence-electron chi connectivity index (χ0n) is 11.6. The van der Waals surface area contributed by atoms with Crippen LogP contribution in [0, 0.1) is 11.3 Å². The minimum atomic E-state index is -0.255. The first-order chi connectivity index (χ1) is 8.47. The van der Waals surface area contributed by atoms with E-state index in [9.17, 15) is 4.79 Å². The Bertz CT molecular complexity index is 384. The normalized spacial score (nSPS) is 18.1. The third-order valence-corrected chi connectivity index (χ3v) is 3.55. The highest BCUT2D eigenvalue weighted by atomic mass is 16.2. The van der Waals surface area contributed by atoms with Gasteiger partial charge in [0.15, 0.2) is 0 Å². The molecule has 2 rings (SSSR count). The van der Waals surface area contributed by atoms with Crippen molar-refractivity contribution in [2.45, 2.75) is 40.2 Å². The smallest absolute Gasteiger partial charge is 0.227 e. The number of nitrogens with zero attached hydrogens (tertiary/aromatic N) is 3. The molecule has 0 N–H and O–H groups in total. The van der Waals surface area contributed by atoms with Gasteiger partial charge < -0.3 is 4.90 Å². The fourth-order valence-electron chi connectivity index (χ4n) is 2.47. The number of hydrogen-bond donors (Lipinski definition) is 0. The Morgan fingerprint density at radius 1 is 1.33 bits per heavy atom. The van der Waals surface area contributed by atoms with Crippen LogP contribution < -0.4 is 0 Å². The van der Waals surface area contributed by atoms with Crippen LogP contribution in [0.4, 0.5) is 0 Å². The predicted octanol–water partition coefficient (Wildman–Crippen LogP) is 2.17. The van der Waals surface area contributed by atoms with Crippen molar-refractivity contribution in [1.82, 2.24) is 14.7 Å². The maximum absolute atomic E-state index is 12.2. The Kier molecular flexibility index (Phi) is 3.73. The van der Waals surface area contributed by atoms with Gasteiger partial charge in [-0.1, -0.05) is 20.8 Å². The van der Waals surface area contributed by atoms with Gasteiger partial charge >= 0.3 is 0 Å². The first kappa shape index (κ1) is 13.1. The molecule has 1 aliphatic rings. The largest absolute Gasteiger partial charge is 0.342 e. The molecule has 1 aromatic rings. The van der Waals surface area contributed by atoms with E-state index in [0.717, 1.165) is 32.5 Å². The van der Waals surface area contributed by atoms with Crippen LogP contribution in [0.15, 0.2) is 18.5 Å². The average molecular weight is 249 g/mol. The third-order valence-electron chi connectivity index (χ3n) is 3.55. The minimum absolute atomic E-state index is 0.255. The van der Waals surface area contributed by atoms with E-state index in [1.54, 1.807) is 0 Å². The molecule has 1 aromatic heterocycles. The third kappa shape index (κ3) is 3.12. The summed E-state index contributed by atoms with van der Waals surface area (Å²) in [6, 6.07) is 1.96. The van der Waals surface area contributed by atoms with Gasteiger partial charge in [0.25, 0.3) is 0 Å². The summed E-state index contributed by atoms with van der Waals surface area (Å²) in [7, 11) is 0. The SMILES string of the molecule is CC(C)(C)C(=O)N1CCC(Cn2cccn2)CC1. The molecule has 0 aromatic carbocycles. The van der Waals surface area contributed by atoms with Crippen LogP contribution >= 0.6 is 0 Å². The van der Waals surface area contributed by atoms with E-state index in [1.807, 2.05) is 48.8 Å². The summed E-state index contributed by atoms with van der Waals surface area (Å²) in [5.74, 6) is 0.925. The quantitative estimate of drug-likeness (QED) is 0.805. The van der Waals surface area contributed by atoms with Gasteiger partial charge in [-0.15, -0.1) is 0 Å². The maximum Gasteiger partial charge on any atom is 0.227 e. The van der Waals surface area contributed by atoms with Crippen LogP contribution in [-0.4, -0.2) is 33.7 Å². The average Bonchev–Trinajstić information content (AvgIpc) is 2.81. The molecule has 0 spiro atoms. The summed E-state index contributed by atoms with van der Waals surface area (Å²) in [6.45, 7) is 8.73. The molecule has 1 fully saturated rings. The highest BCUT2D eigenvalue weighted by molar-refractivity contribution is 5.81. The fourth-order valence-corrected chi connectivity index (χ4v) is 2.47. The lowest BCUT2D eigenvalue weighted by Gasteiger charge is -2.35. The van der Waals surface area contributed by atoms with Gasteiger partial charge in [-0.25, -0.2) is 0 Å². The molecule has 0 aliphatic carbocycles. The van der Waals surface area contributed by atoms with Crippen LogP contribution in [0.2, 0.25) is 0 Å². The molecular weight excluding hydrogens is 226 g/mol. The van der Waals surface area contributed by atoms with Crippen molar-refractivity contribution in [2.75, 3.05) is 13.1 Å². The molecule has 4 heteroatoms. The van der Waals surface area contributed by atoms with E-state index in [1.165, 1.54) is 0 Å². The van der Waals surface area contributed by atoms with Crippen LogP contribution in [0.25, 0.3) is 0 Å². The first-order valence-electron chi connectivity index (χ1n) is 6.73. The van der Waals surface area contributed by atoms with Crippen LogP contribution in [0.3, 0.4) is 0 Å². The summed E-state index contributed by atoms with van der Waals surface area (Å²) in [5, 5.41) is 4.24. The number of carbonyl (C=O) groups excluding carboxylic acids is 1. The number of piperidine rings is 1. The highest BCUT2D eigenvalue weighted by Crippen LogP contribution is 2.24. The fraction of sp³-hybridized carbons (Fsp3) is 0.714. The van der Waals surface area contributed by atoms with Gasteiger partial charge in [0, 0.05) is 37.4 Å². The molecule has 1 amide bonds. The summed E-state index contributed by atoms with van der Waals surface area (Å²) in [5.41, 5.74) is -0.255. The molecule has 100 valence electrons. The van der Waals surface area contributed by atoms with Crippen molar-refractivity contribution in [3.8, 4) is 0 Å². The van der Waals surface area contributed by atoms with Crippen molar-refractivity contribution in [3.05, 3.63) is 18.5 Å². The lowest BCUT2D eigenvalue weighted by molar-refractivity contribution is -0.140. The Balaban J connectivity index is 1.83. The van der Waals surface area contributed by atoms with Gasteiger partial charge in [-0.2, -0.15) is 5.10 Å². The second kappa shape index (κ2) is 5.12. The standard InChI is InChI=1S/C14H23N3O/c1-14(2,3)13(18)16-9-5-12(6-10-16)11-17-8-4-7-15-17/h4,7-8,12H,5-6,9-11H2,1-3H3. The van der Waals surface area contributed by atoms with Gasteiger partial charge in [0.2, 0.25) is 5.91 Å². The first-order valence-corrected chi connectivity index (χ1v) is 6.73. The molecule has 1 saturated heterocycles. The van der Waals surface area contributed by atoms with E-state index >= 15 is 0 Å². The minimum Gasteiger partial charge on any atom is -0.342 e. The Labute approximate surface area is 109 Å². The molecule has 0 atom stereocenters.